The average molecular weight is 361 g/mol. The molecule has 0 spiro atoms. The van der Waals surface area contributed by atoms with Crippen LogP contribution in [-0.4, -0.2) is 48.8 Å². The van der Waals surface area contributed by atoms with Crippen LogP contribution in [0, 0.1) is 0 Å². The van der Waals surface area contributed by atoms with Crippen molar-refractivity contribution in [2.45, 2.75) is 32.7 Å². The molecule has 0 atom stereocenters. The Morgan fingerprint density at radius 2 is 1.76 bits per heavy atom. The molecule has 0 fully saturated rings. The summed E-state index contributed by atoms with van der Waals surface area (Å²) in [6.07, 6.45) is -4.83. The van der Waals surface area contributed by atoms with Gasteiger partial charge in [-0.3, -0.25) is 9.59 Å². The zero-order valence-corrected chi connectivity index (χ0v) is 14.5. The highest BCUT2D eigenvalue weighted by Gasteiger charge is 2.32. The molecule has 0 bridgehead atoms. The number of benzene rings is 1. The summed E-state index contributed by atoms with van der Waals surface area (Å²) >= 11 is 0. The van der Waals surface area contributed by atoms with Crippen molar-refractivity contribution in [1.29, 1.82) is 0 Å². The molecule has 6 nitrogen and oxygen atoms in total. The molecule has 2 amide bonds. The van der Waals surface area contributed by atoms with Gasteiger partial charge in [-0.25, -0.2) is 0 Å². The molecular formula is C16H22F3N3O3. The monoisotopic (exact) mass is 361 g/mol. The maximum Gasteiger partial charge on any atom is 0.573 e. The molecule has 0 saturated carbocycles. The highest BCUT2D eigenvalue weighted by molar-refractivity contribution is 5.87. The van der Waals surface area contributed by atoms with E-state index in [0.29, 0.717) is 0 Å². The van der Waals surface area contributed by atoms with E-state index in [4.69, 9.17) is 0 Å². The van der Waals surface area contributed by atoms with Gasteiger partial charge in [-0.1, -0.05) is 12.1 Å². The zero-order chi connectivity index (χ0) is 19.3. The number of alkyl halides is 3. The second kappa shape index (κ2) is 8.09. The van der Waals surface area contributed by atoms with E-state index in [1.165, 1.54) is 30.1 Å². The number of nitrogens with zero attached hydrogens (tertiary/aromatic N) is 1. The summed E-state index contributed by atoms with van der Waals surface area (Å²) in [6.45, 7) is 5.00. The predicted molar refractivity (Wildman–Crippen MR) is 87.1 cm³/mol. The van der Waals surface area contributed by atoms with E-state index in [2.05, 4.69) is 15.4 Å². The highest BCUT2D eigenvalue weighted by atomic mass is 19.4. The molecule has 0 heterocycles. The third kappa shape index (κ3) is 8.27. The molecule has 1 rings (SSSR count). The Kier molecular flexibility index (Phi) is 6.66. The number of amides is 2. The van der Waals surface area contributed by atoms with Gasteiger partial charge in [-0.2, -0.15) is 0 Å². The number of ether oxygens (including phenoxy) is 1. The first-order valence-electron chi connectivity index (χ1n) is 7.51. The lowest BCUT2D eigenvalue weighted by Gasteiger charge is -2.23. The zero-order valence-electron chi connectivity index (χ0n) is 14.5. The van der Waals surface area contributed by atoms with E-state index < -0.39 is 23.6 Å². The summed E-state index contributed by atoms with van der Waals surface area (Å²) in [5.41, 5.74) is -0.395. The molecule has 0 aliphatic rings. The number of hydrogen-bond acceptors (Lipinski definition) is 4. The summed E-state index contributed by atoms with van der Waals surface area (Å²) in [5, 5.41) is 5.31. The third-order valence-electron chi connectivity index (χ3n) is 2.86. The number of anilines is 1. The Morgan fingerprint density at radius 1 is 1.16 bits per heavy atom. The van der Waals surface area contributed by atoms with Crippen molar-refractivity contribution in [2.75, 3.05) is 25.5 Å². The van der Waals surface area contributed by atoms with Crippen LogP contribution < -0.4 is 15.4 Å². The van der Waals surface area contributed by atoms with E-state index in [1.54, 1.807) is 0 Å². The van der Waals surface area contributed by atoms with Gasteiger partial charge in [-0.15, -0.1) is 13.2 Å². The van der Waals surface area contributed by atoms with E-state index in [1.807, 2.05) is 20.8 Å². The summed E-state index contributed by atoms with van der Waals surface area (Å²) < 4.78 is 41.0. The number of halogens is 3. The summed E-state index contributed by atoms with van der Waals surface area (Å²) in [4.78, 5) is 25.0. The second-order valence-electron chi connectivity index (χ2n) is 6.45. The highest BCUT2D eigenvalue weighted by Crippen LogP contribution is 2.29. The lowest BCUT2D eigenvalue weighted by molar-refractivity contribution is -0.274. The quantitative estimate of drug-likeness (QED) is 0.816. The summed E-state index contributed by atoms with van der Waals surface area (Å²) in [6, 6.07) is 5.40. The normalized spacial score (nSPS) is 11.6. The van der Waals surface area contributed by atoms with Crippen LogP contribution in [0.2, 0.25) is 0 Å². The minimum absolute atomic E-state index is 0.0284. The predicted octanol–water partition coefficient (Wildman–Crippen LogP) is 2.37. The van der Waals surface area contributed by atoms with Crippen LogP contribution in [0.3, 0.4) is 0 Å². The van der Waals surface area contributed by atoms with Crippen LogP contribution >= 0.6 is 0 Å². The molecule has 0 radical (unpaired) electrons. The molecule has 0 unspecified atom stereocenters. The fourth-order valence-electron chi connectivity index (χ4n) is 1.89. The van der Waals surface area contributed by atoms with Crippen LogP contribution in [0.15, 0.2) is 24.3 Å². The van der Waals surface area contributed by atoms with Gasteiger partial charge in [0.05, 0.1) is 18.8 Å². The Balaban J connectivity index is 2.60. The summed E-state index contributed by atoms with van der Waals surface area (Å²) in [5.74, 6) is -1.22. The molecule has 25 heavy (non-hydrogen) atoms. The number of nitrogens with one attached hydrogen (secondary N) is 2. The molecule has 140 valence electrons. The van der Waals surface area contributed by atoms with Crippen molar-refractivity contribution in [3.8, 4) is 5.75 Å². The van der Waals surface area contributed by atoms with Gasteiger partial charge in [0.15, 0.2) is 5.75 Å². The SMILES string of the molecule is CN(CC(=O)NC(C)(C)C)C(=O)CNc1ccccc1OC(F)(F)F. The first-order valence-corrected chi connectivity index (χ1v) is 7.51. The topological polar surface area (TPSA) is 70.7 Å². The van der Waals surface area contributed by atoms with Crippen LogP contribution in [0.1, 0.15) is 20.8 Å². The molecule has 2 N–H and O–H groups in total. The van der Waals surface area contributed by atoms with Gasteiger partial charge in [0.1, 0.15) is 0 Å². The minimum Gasteiger partial charge on any atom is -0.404 e. The molecule has 1 aromatic rings. The van der Waals surface area contributed by atoms with Crippen molar-refractivity contribution >= 4 is 17.5 Å². The molecule has 0 aliphatic heterocycles. The summed E-state index contributed by atoms with van der Waals surface area (Å²) in [7, 11) is 1.43. The number of rotatable bonds is 6. The molecular weight excluding hydrogens is 339 g/mol. The van der Waals surface area contributed by atoms with Gasteiger partial charge in [-0.05, 0) is 32.9 Å². The number of likely N-dealkylation sites (N-methyl/N-ethyl adjacent to an activating group) is 1. The van der Waals surface area contributed by atoms with Gasteiger partial charge in [0, 0.05) is 12.6 Å². The van der Waals surface area contributed by atoms with Crippen molar-refractivity contribution < 1.29 is 27.5 Å². The molecule has 0 saturated heterocycles. The van der Waals surface area contributed by atoms with Gasteiger partial charge < -0.3 is 20.3 Å². The Labute approximate surface area is 144 Å². The average Bonchev–Trinajstić information content (AvgIpc) is 2.42. The maximum atomic E-state index is 12.4. The fraction of sp³-hybridized carbons (Fsp3) is 0.500. The van der Waals surface area contributed by atoms with Gasteiger partial charge in [0.2, 0.25) is 11.8 Å². The van der Waals surface area contributed by atoms with E-state index in [-0.39, 0.29) is 24.7 Å². The van der Waals surface area contributed by atoms with Crippen molar-refractivity contribution in [3.63, 3.8) is 0 Å². The first kappa shape index (κ1) is 20.6. The molecule has 1 aromatic carbocycles. The Bertz CT molecular complexity index is 613. The standard InChI is InChI=1S/C16H22F3N3O3/c1-15(2,3)21-13(23)10-22(4)14(24)9-20-11-7-5-6-8-12(11)25-16(17,18)19/h5-8,20H,9-10H2,1-4H3,(H,21,23). The van der Waals surface area contributed by atoms with E-state index in [9.17, 15) is 22.8 Å². The van der Waals surface area contributed by atoms with Crippen LogP contribution in [0.25, 0.3) is 0 Å². The lowest BCUT2D eigenvalue weighted by Crippen LogP contribution is -2.47. The largest absolute Gasteiger partial charge is 0.573 e. The van der Waals surface area contributed by atoms with Crippen LogP contribution in [0.4, 0.5) is 18.9 Å². The van der Waals surface area contributed by atoms with Crippen molar-refractivity contribution in [1.82, 2.24) is 10.2 Å². The van der Waals surface area contributed by atoms with Crippen LogP contribution in [0.5, 0.6) is 5.75 Å². The molecule has 9 heteroatoms. The fourth-order valence-corrected chi connectivity index (χ4v) is 1.89. The Morgan fingerprint density at radius 3 is 2.32 bits per heavy atom. The number of para-hydroxylation sites is 2. The van der Waals surface area contributed by atoms with E-state index >= 15 is 0 Å². The number of carbonyl (C=O) groups is 2. The van der Waals surface area contributed by atoms with Crippen molar-refractivity contribution in [3.05, 3.63) is 24.3 Å². The maximum absolute atomic E-state index is 12.4. The molecule has 0 aliphatic carbocycles. The number of hydrogen-bond donors (Lipinski definition) is 2. The second-order valence-corrected chi connectivity index (χ2v) is 6.45. The molecule has 0 aromatic heterocycles. The third-order valence-corrected chi connectivity index (χ3v) is 2.86. The Hall–Kier alpha value is -2.45. The minimum atomic E-state index is -4.83. The first-order chi connectivity index (χ1) is 11.4. The van der Waals surface area contributed by atoms with E-state index in [0.717, 1.165) is 6.07 Å². The van der Waals surface area contributed by atoms with Gasteiger partial charge in [0.25, 0.3) is 0 Å². The van der Waals surface area contributed by atoms with Crippen molar-refractivity contribution in [2.24, 2.45) is 0 Å². The number of carbonyl (C=O) groups excluding carboxylic acids is 2. The van der Waals surface area contributed by atoms with Gasteiger partial charge >= 0.3 is 6.36 Å². The lowest BCUT2D eigenvalue weighted by atomic mass is 10.1. The van der Waals surface area contributed by atoms with Crippen LogP contribution in [-0.2, 0) is 9.59 Å². The smallest absolute Gasteiger partial charge is 0.404 e.